The molecule has 2 heterocycles. The third kappa shape index (κ3) is 1.93. The molecule has 0 radical (unpaired) electrons. The van der Waals surface area contributed by atoms with E-state index in [1.807, 2.05) is 5.38 Å². The highest BCUT2D eigenvalue weighted by Gasteiger charge is 2.23. The molecule has 0 bridgehead atoms. The predicted molar refractivity (Wildman–Crippen MR) is 52.9 cm³/mol. The standard InChI is InChI=1S/C9H11N3OS/c10-7-8(9-11-1-6-14-9)12-2-4-13-5-3-12/h1,6,8H,2-5H2. The molecule has 1 fully saturated rings. The molecule has 0 saturated carbocycles. The van der Waals surface area contributed by atoms with E-state index in [0.717, 1.165) is 18.1 Å². The van der Waals surface area contributed by atoms with Crippen LogP contribution in [0.15, 0.2) is 11.6 Å². The van der Waals surface area contributed by atoms with E-state index < -0.39 is 0 Å². The molecule has 1 aliphatic heterocycles. The fraction of sp³-hybridized carbons (Fsp3) is 0.556. The molecule has 4 nitrogen and oxygen atoms in total. The minimum Gasteiger partial charge on any atom is -0.379 e. The first-order chi connectivity index (χ1) is 6.92. The maximum atomic E-state index is 9.08. The van der Waals surface area contributed by atoms with Crippen molar-refractivity contribution in [1.82, 2.24) is 9.88 Å². The van der Waals surface area contributed by atoms with Crippen LogP contribution in [0, 0.1) is 11.3 Å². The summed E-state index contributed by atoms with van der Waals surface area (Å²) in [5, 5.41) is 11.9. The largest absolute Gasteiger partial charge is 0.379 e. The normalized spacial score (nSPS) is 20.2. The van der Waals surface area contributed by atoms with E-state index in [0.29, 0.717) is 13.2 Å². The van der Waals surface area contributed by atoms with E-state index in [1.54, 1.807) is 6.20 Å². The van der Waals surface area contributed by atoms with Gasteiger partial charge in [0.05, 0.1) is 19.3 Å². The average Bonchev–Trinajstić information content (AvgIpc) is 2.74. The molecule has 0 amide bonds. The van der Waals surface area contributed by atoms with Crippen LogP contribution in [0.5, 0.6) is 0 Å². The molecule has 0 aliphatic carbocycles. The summed E-state index contributed by atoms with van der Waals surface area (Å²) >= 11 is 1.53. The van der Waals surface area contributed by atoms with E-state index in [1.165, 1.54) is 11.3 Å². The molecular formula is C9H11N3OS. The minimum atomic E-state index is -0.195. The lowest BCUT2D eigenvalue weighted by atomic mass is 10.2. The molecule has 0 N–H and O–H groups in total. The Bertz CT molecular complexity index is 313. The minimum absolute atomic E-state index is 0.195. The second-order valence-electron chi connectivity index (χ2n) is 3.05. The van der Waals surface area contributed by atoms with Crippen molar-refractivity contribution in [3.8, 4) is 6.07 Å². The summed E-state index contributed by atoms with van der Waals surface area (Å²) in [4.78, 5) is 6.29. The van der Waals surface area contributed by atoms with Crippen molar-refractivity contribution >= 4 is 11.3 Å². The van der Waals surface area contributed by atoms with Gasteiger partial charge in [-0.05, 0) is 0 Å². The summed E-state index contributed by atoms with van der Waals surface area (Å²) < 4.78 is 5.24. The smallest absolute Gasteiger partial charge is 0.150 e. The Morgan fingerprint density at radius 3 is 2.93 bits per heavy atom. The predicted octanol–water partition coefficient (Wildman–Crippen LogP) is 1.04. The molecule has 1 aromatic rings. The molecule has 1 saturated heterocycles. The molecule has 74 valence electrons. The number of thiazole rings is 1. The monoisotopic (exact) mass is 209 g/mol. The van der Waals surface area contributed by atoms with E-state index in [2.05, 4.69) is 16.0 Å². The van der Waals surface area contributed by atoms with Gasteiger partial charge in [-0.15, -0.1) is 11.3 Å². The number of rotatable bonds is 2. The van der Waals surface area contributed by atoms with Crippen LogP contribution >= 0.6 is 11.3 Å². The SMILES string of the molecule is N#CC(c1nccs1)N1CCOCC1. The van der Waals surface area contributed by atoms with Gasteiger partial charge in [-0.2, -0.15) is 5.26 Å². The average molecular weight is 209 g/mol. The lowest BCUT2D eigenvalue weighted by Crippen LogP contribution is -2.38. The quantitative estimate of drug-likeness (QED) is 0.730. The highest BCUT2D eigenvalue weighted by molar-refractivity contribution is 7.09. The number of hydrogen-bond acceptors (Lipinski definition) is 5. The van der Waals surface area contributed by atoms with Crippen molar-refractivity contribution in [2.24, 2.45) is 0 Å². The summed E-state index contributed by atoms with van der Waals surface area (Å²) in [5.74, 6) is 0. The summed E-state index contributed by atoms with van der Waals surface area (Å²) in [7, 11) is 0. The van der Waals surface area contributed by atoms with Gasteiger partial charge in [-0.1, -0.05) is 0 Å². The van der Waals surface area contributed by atoms with Gasteiger partial charge in [0.15, 0.2) is 6.04 Å². The van der Waals surface area contributed by atoms with Crippen LogP contribution in [-0.2, 0) is 4.74 Å². The van der Waals surface area contributed by atoms with Crippen LogP contribution in [0.4, 0.5) is 0 Å². The first-order valence-electron chi connectivity index (χ1n) is 4.52. The molecule has 0 spiro atoms. The summed E-state index contributed by atoms with van der Waals surface area (Å²) in [6.45, 7) is 3.06. The van der Waals surface area contributed by atoms with Crippen molar-refractivity contribution in [2.45, 2.75) is 6.04 Å². The summed E-state index contributed by atoms with van der Waals surface area (Å²) in [5.41, 5.74) is 0. The molecule has 1 unspecified atom stereocenters. The number of nitrogens with zero attached hydrogens (tertiary/aromatic N) is 3. The van der Waals surface area contributed by atoms with Crippen LogP contribution in [0.3, 0.4) is 0 Å². The zero-order valence-corrected chi connectivity index (χ0v) is 8.54. The molecular weight excluding hydrogens is 198 g/mol. The molecule has 0 aromatic carbocycles. The van der Waals surface area contributed by atoms with Gasteiger partial charge in [0.2, 0.25) is 0 Å². The van der Waals surface area contributed by atoms with Crippen molar-refractivity contribution in [2.75, 3.05) is 26.3 Å². The second kappa shape index (κ2) is 4.51. The van der Waals surface area contributed by atoms with Crippen molar-refractivity contribution in [3.63, 3.8) is 0 Å². The van der Waals surface area contributed by atoms with Crippen molar-refractivity contribution < 1.29 is 4.74 Å². The number of aromatic nitrogens is 1. The fourth-order valence-electron chi connectivity index (χ4n) is 1.50. The van der Waals surface area contributed by atoms with Gasteiger partial charge in [0.1, 0.15) is 5.01 Å². The summed E-state index contributed by atoms with van der Waals surface area (Å²) in [6.07, 6.45) is 1.74. The lowest BCUT2D eigenvalue weighted by molar-refractivity contribution is 0.0266. The van der Waals surface area contributed by atoms with E-state index in [-0.39, 0.29) is 6.04 Å². The Hall–Kier alpha value is -0.960. The maximum absolute atomic E-state index is 9.08. The summed E-state index contributed by atoms with van der Waals surface area (Å²) in [6, 6.07) is 2.10. The van der Waals surface area contributed by atoms with Gasteiger partial charge in [0.25, 0.3) is 0 Å². The third-order valence-electron chi connectivity index (χ3n) is 2.22. The Balaban J connectivity index is 2.09. The highest BCUT2D eigenvalue weighted by atomic mass is 32.1. The Labute approximate surface area is 86.7 Å². The third-order valence-corrected chi connectivity index (χ3v) is 3.05. The van der Waals surface area contributed by atoms with Crippen LogP contribution < -0.4 is 0 Å². The van der Waals surface area contributed by atoms with Crippen LogP contribution in [-0.4, -0.2) is 36.2 Å². The number of ether oxygens (including phenoxy) is 1. The van der Waals surface area contributed by atoms with E-state index >= 15 is 0 Å². The number of hydrogen-bond donors (Lipinski definition) is 0. The first-order valence-corrected chi connectivity index (χ1v) is 5.40. The van der Waals surface area contributed by atoms with E-state index in [9.17, 15) is 0 Å². The van der Waals surface area contributed by atoms with E-state index in [4.69, 9.17) is 10.00 Å². The maximum Gasteiger partial charge on any atom is 0.150 e. The Kier molecular flexibility index (Phi) is 3.09. The van der Waals surface area contributed by atoms with Gasteiger partial charge in [-0.3, -0.25) is 4.90 Å². The molecule has 14 heavy (non-hydrogen) atoms. The number of nitriles is 1. The lowest BCUT2D eigenvalue weighted by Gasteiger charge is -2.29. The van der Waals surface area contributed by atoms with Crippen LogP contribution in [0.1, 0.15) is 11.0 Å². The van der Waals surface area contributed by atoms with Gasteiger partial charge >= 0.3 is 0 Å². The first kappa shape index (κ1) is 9.59. The Morgan fingerprint density at radius 2 is 2.36 bits per heavy atom. The van der Waals surface area contributed by atoms with Gasteiger partial charge in [-0.25, -0.2) is 4.98 Å². The zero-order valence-electron chi connectivity index (χ0n) is 7.72. The highest BCUT2D eigenvalue weighted by Crippen LogP contribution is 2.22. The second-order valence-corrected chi connectivity index (χ2v) is 3.98. The van der Waals surface area contributed by atoms with Gasteiger partial charge in [0, 0.05) is 24.7 Å². The van der Waals surface area contributed by atoms with Crippen molar-refractivity contribution in [1.29, 1.82) is 5.26 Å². The molecule has 2 rings (SSSR count). The molecule has 5 heteroatoms. The topological polar surface area (TPSA) is 49.2 Å². The molecule has 1 aromatic heterocycles. The molecule has 1 atom stereocenters. The van der Waals surface area contributed by atoms with Crippen LogP contribution in [0.25, 0.3) is 0 Å². The fourth-order valence-corrected chi connectivity index (χ4v) is 2.21. The Morgan fingerprint density at radius 1 is 1.57 bits per heavy atom. The number of morpholine rings is 1. The van der Waals surface area contributed by atoms with Gasteiger partial charge < -0.3 is 4.74 Å². The van der Waals surface area contributed by atoms with Crippen LogP contribution in [0.2, 0.25) is 0 Å². The molecule has 1 aliphatic rings. The van der Waals surface area contributed by atoms with Crippen molar-refractivity contribution in [3.05, 3.63) is 16.6 Å². The zero-order chi connectivity index (χ0) is 9.80.